The molecule has 2 N–H and O–H groups in total. The zero-order valence-electron chi connectivity index (χ0n) is 16.1. The summed E-state index contributed by atoms with van der Waals surface area (Å²) >= 11 is 6.48. The van der Waals surface area contributed by atoms with E-state index in [-0.39, 0.29) is 11.9 Å². The molecule has 5 rings (SSSR count). The lowest BCUT2D eigenvalue weighted by Gasteiger charge is -2.24. The minimum absolute atomic E-state index is 0.170. The fraction of sp³-hybridized carbons (Fsp3) is 0.167. The molecule has 3 aromatic rings. The summed E-state index contributed by atoms with van der Waals surface area (Å²) < 4.78 is 5.74. The number of nitrogens with zero attached hydrogens (tertiary/aromatic N) is 1. The first kappa shape index (κ1) is 18.7. The third-order valence-corrected chi connectivity index (χ3v) is 6.18. The number of hydrogen-bond donors (Lipinski definition) is 1. The van der Waals surface area contributed by atoms with Crippen LogP contribution in [0.2, 0.25) is 5.02 Å². The van der Waals surface area contributed by atoms with Crippen LogP contribution in [0.25, 0.3) is 11.1 Å². The zero-order chi connectivity index (χ0) is 20.9. The molecule has 0 radical (unpaired) electrons. The number of carbonyl (C=O) groups is 2. The van der Waals surface area contributed by atoms with Gasteiger partial charge in [-0.15, -0.1) is 0 Å². The summed E-state index contributed by atoms with van der Waals surface area (Å²) in [6.45, 7) is 0.815. The summed E-state index contributed by atoms with van der Waals surface area (Å²) in [7, 11) is 0. The molecule has 5 nitrogen and oxygen atoms in total. The van der Waals surface area contributed by atoms with E-state index in [0.29, 0.717) is 41.3 Å². The summed E-state index contributed by atoms with van der Waals surface area (Å²) in [6.07, 6.45) is 0.570. The van der Waals surface area contributed by atoms with Gasteiger partial charge in [0.05, 0.1) is 22.7 Å². The minimum atomic E-state index is -0.767. The summed E-state index contributed by atoms with van der Waals surface area (Å²) in [4.78, 5) is 27.2. The van der Waals surface area contributed by atoms with E-state index in [1.165, 1.54) is 0 Å². The van der Waals surface area contributed by atoms with Gasteiger partial charge in [-0.2, -0.15) is 0 Å². The molecule has 0 saturated carbocycles. The second kappa shape index (κ2) is 6.89. The van der Waals surface area contributed by atoms with Crippen LogP contribution in [-0.4, -0.2) is 29.9 Å². The van der Waals surface area contributed by atoms with Gasteiger partial charge in [0.25, 0.3) is 5.91 Å². The van der Waals surface area contributed by atoms with Crippen molar-refractivity contribution < 1.29 is 14.3 Å². The highest BCUT2D eigenvalue weighted by Gasteiger charge is 2.51. The average molecular weight is 419 g/mol. The number of carbonyl (C=O) groups excluding carboxylic acids is 2. The van der Waals surface area contributed by atoms with Gasteiger partial charge >= 0.3 is 5.97 Å². The maximum Gasteiger partial charge on any atom is 0.339 e. The van der Waals surface area contributed by atoms with E-state index in [0.717, 1.165) is 16.7 Å². The molecule has 6 heteroatoms. The zero-order valence-corrected chi connectivity index (χ0v) is 16.9. The van der Waals surface area contributed by atoms with Gasteiger partial charge in [-0.25, -0.2) is 4.79 Å². The molecule has 0 unspecified atom stereocenters. The Morgan fingerprint density at radius 1 is 1.03 bits per heavy atom. The molecule has 1 atom stereocenters. The van der Waals surface area contributed by atoms with Gasteiger partial charge in [0.2, 0.25) is 0 Å². The maximum absolute atomic E-state index is 13.2. The van der Waals surface area contributed by atoms with E-state index in [9.17, 15) is 9.59 Å². The van der Waals surface area contributed by atoms with Crippen molar-refractivity contribution in [2.45, 2.75) is 12.0 Å². The fourth-order valence-electron chi connectivity index (χ4n) is 4.36. The highest BCUT2D eigenvalue weighted by atomic mass is 35.5. The van der Waals surface area contributed by atoms with E-state index >= 15 is 0 Å². The van der Waals surface area contributed by atoms with Gasteiger partial charge in [0.15, 0.2) is 5.60 Å². The molecule has 30 heavy (non-hydrogen) atoms. The predicted molar refractivity (Wildman–Crippen MR) is 115 cm³/mol. The molecule has 0 aromatic heterocycles. The standard InChI is InChI=1S/C24H19ClN2O3/c25-21-13-16(15-4-3-5-17(26)12-15)8-9-19(21)22(28)27-11-10-24(14-27)20-7-2-1-6-18(20)23(29)30-24/h1-9,12-13H,10-11,14,26H2/t24-/m0/s1. The van der Waals surface area contributed by atoms with Crippen LogP contribution in [0.1, 0.15) is 32.7 Å². The smallest absolute Gasteiger partial charge is 0.339 e. The Balaban J connectivity index is 1.41. The van der Waals surface area contributed by atoms with E-state index in [1.54, 1.807) is 23.1 Å². The van der Waals surface area contributed by atoms with Crippen LogP contribution in [-0.2, 0) is 10.3 Å². The number of ether oxygens (including phenoxy) is 1. The van der Waals surface area contributed by atoms with Crippen molar-refractivity contribution in [2.75, 3.05) is 18.8 Å². The van der Waals surface area contributed by atoms with Gasteiger partial charge in [-0.05, 0) is 41.5 Å². The largest absolute Gasteiger partial charge is 0.449 e. The molecular weight excluding hydrogens is 400 g/mol. The topological polar surface area (TPSA) is 72.6 Å². The van der Waals surface area contributed by atoms with Crippen molar-refractivity contribution >= 4 is 29.2 Å². The summed E-state index contributed by atoms with van der Waals surface area (Å²) in [6, 6.07) is 20.3. The number of likely N-dealkylation sites (tertiary alicyclic amines) is 1. The van der Waals surface area contributed by atoms with Crippen LogP contribution in [0.5, 0.6) is 0 Å². The lowest BCUT2D eigenvalue weighted by molar-refractivity contribution is -0.00306. The molecule has 1 saturated heterocycles. The lowest BCUT2D eigenvalue weighted by atomic mass is 9.91. The van der Waals surface area contributed by atoms with Gasteiger partial charge < -0.3 is 15.4 Å². The Bertz CT molecular complexity index is 1190. The van der Waals surface area contributed by atoms with Crippen molar-refractivity contribution in [3.63, 3.8) is 0 Å². The second-order valence-corrected chi connectivity index (χ2v) is 8.13. The quantitative estimate of drug-likeness (QED) is 0.491. The first-order valence-electron chi connectivity index (χ1n) is 9.74. The van der Waals surface area contributed by atoms with Gasteiger partial charge in [-0.1, -0.05) is 48.0 Å². The van der Waals surface area contributed by atoms with Crippen LogP contribution >= 0.6 is 11.6 Å². The van der Waals surface area contributed by atoms with E-state index in [2.05, 4.69) is 0 Å². The first-order valence-corrected chi connectivity index (χ1v) is 10.1. The Hall–Kier alpha value is -3.31. The molecule has 150 valence electrons. The number of halogens is 1. The number of rotatable bonds is 2. The molecular formula is C24H19ClN2O3. The highest BCUT2D eigenvalue weighted by molar-refractivity contribution is 6.34. The molecule has 0 aliphatic carbocycles. The lowest BCUT2D eigenvalue weighted by Crippen LogP contribution is -2.34. The van der Waals surface area contributed by atoms with E-state index in [1.807, 2.05) is 48.5 Å². The number of nitrogen functional groups attached to an aromatic ring is 1. The number of amides is 1. The van der Waals surface area contributed by atoms with Crippen LogP contribution in [0.4, 0.5) is 5.69 Å². The van der Waals surface area contributed by atoms with E-state index in [4.69, 9.17) is 22.1 Å². The molecule has 1 fully saturated rings. The first-order chi connectivity index (χ1) is 14.5. The molecule has 3 aromatic carbocycles. The molecule has 2 heterocycles. The molecule has 1 amide bonds. The number of esters is 1. The van der Waals surface area contributed by atoms with Crippen LogP contribution in [0.3, 0.4) is 0 Å². The van der Waals surface area contributed by atoms with Gasteiger partial charge in [-0.3, -0.25) is 4.79 Å². The molecule has 0 bridgehead atoms. The molecule has 1 spiro atoms. The Morgan fingerprint density at radius 3 is 2.63 bits per heavy atom. The Kier molecular flexibility index (Phi) is 4.29. The summed E-state index contributed by atoms with van der Waals surface area (Å²) in [5, 5.41) is 0.379. The van der Waals surface area contributed by atoms with Crippen LogP contribution in [0, 0.1) is 0 Å². The van der Waals surface area contributed by atoms with Crippen molar-refractivity contribution in [2.24, 2.45) is 0 Å². The van der Waals surface area contributed by atoms with Crippen molar-refractivity contribution in [3.05, 3.63) is 88.4 Å². The number of fused-ring (bicyclic) bond motifs is 2. The maximum atomic E-state index is 13.2. The normalized spacial score (nSPS) is 19.8. The van der Waals surface area contributed by atoms with Crippen LogP contribution in [0.15, 0.2) is 66.7 Å². The number of hydrogen-bond acceptors (Lipinski definition) is 4. The van der Waals surface area contributed by atoms with Crippen molar-refractivity contribution in [1.82, 2.24) is 4.90 Å². The van der Waals surface area contributed by atoms with E-state index < -0.39 is 5.60 Å². The minimum Gasteiger partial charge on any atom is -0.449 e. The average Bonchev–Trinajstić information content (AvgIpc) is 3.29. The van der Waals surface area contributed by atoms with Crippen LogP contribution < -0.4 is 5.73 Å². The monoisotopic (exact) mass is 418 g/mol. The highest BCUT2D eigenvalue weighted by Crippen LogP contribution is 2.43. The second-order valence-electron chi connectivity index (χ2n) is 7.73. The third-order valence-electron chi connectivity index (χ3n) is 5.86. The number of benzene rings is 3. The predicted octanol–water partition coefficient (Wildman–Crippen LogP) is 4.50. The molecule has 2 aliphatic heterocycles. The van der Waals surface area contributed by atoms with Gasteiger partial charge in [0, 0.05) is 24.2 Å². The van der Waals surface area contributed by atoms with Gasteiger partial charge in [0.1, 0.15) is 0 Å². The summed E-state index contributed by atoms with van der Waals surface area (Å²) in [5.41, 5.74) is 9.45. The summed E-state index contributed by atoms with van der Waals surface area (Å²) in [5.74, 6) is -0.499. The number of nitrogens with two attached hydrogens (primary N) is 1. The third kappa shape index (κ3) is 2.94. The Morgan fingerprint density at radius 2 is 1.83 bits per heavy atom. The molecule has 2 aliphatic rings. The van der Waals surface area contributed by atoms with Crippen molar-refractivity contribution in [1.29, 1.82) is 0 Å². The number of anilines is 1. The Labute approximate surface area is 179 Å². The fourth-order valence-corrected chi connectivity index (χ4v) is 4.62. The SMILES string of the molecule is Nc1cccc(-c2ccc(C(=O)N3CC[C@@]4(C3)OC(=O)c3ccccc34)c(Cl)c2)c1. The van der Waals surface area contributed by atoms with Crippen molar-refractivity contribution in [3.8, 4) is 11.1 Å².